The van der Waals surface area contributed by atoms with E-state index in [4.69, 9.17) is 0 Å². The van der Waals surface area contributed by atoms with Gasteiger partial charge in [0, 0.05) is 17.5 Å². The highest BCUT2D eigenvalue weighted by Gasteiger charge is 2.18. The Kier molecular flexibility index (Phi) is 7.15. The van der Waals surface area contributed by atoms with Gasteiger partial charge in [0.05, 0.1) is 5.69 Å². The van der Waals surface area contributed by atoms with Gasteiger partial charge in [0.1, 0.15) is 11.0 Å². The lowest BCUT2D eigenvalue weighted by Crippen LogP contribution is -2.36. The number of carboxylic acids is 1. The monoisotopic (exact) mass is 352 g/mol. The standard InChI is InChI=1S/C20H20N2O2S/c1-3-8-15(9-4-2)12-17(20(23)24)21-13-19-22-18(14-25-19)16-10-6-5-7-11-16/h3-4,6,8-11,14,17,21H,1,12-13H2,2H3,(H,23,24)/b9-4-,15-8+. The quantitative estimate of drug-likeness (QED) is 0.669. The Morgan fingerprint density at radius 3 is 3.00 bits per heavy atom. The number of allylic oxidation sites excluding steroid dienone is 4. The van der Waals surface area contributed by atoms with Crippen LogP contribution in [0.15, 0.2) is 60.0 Å². The molecule has 2 aromatic rings. The molecule has 0 aliphatic rings. The van der Waals surface area contributed by atoms with Crippen LogP contribution < -0.4 is 5.32 Å². The van der Waals surface area contributed by atoms with Gasteiger partial charge >= 0.3 is 5.97 Å². The zero-order valence-electron chi connectivity index (χ0n) is 14.0. The Balaban J connectivity index is 2.02. The molecule has 1 aromatic carbocycles. The predicted molar refractivity (Wildman–Crippen MR) is 101 cm³/mol. The Morgan fingerprint density at radius 2 is 2.36 bits per heavy atom. The molecule has 0 amide bonds. The largest absolute Gasteiger partial charge is 0.480 e. The molecular weight excluding hydrogens is 332 g/mol. The van der Waals surface area contributed by atoms with E-state index in [9.17, 15) is 9.90 Å². The van der Waals surface area contributed by atoms with Crippen molar-refractivity contribution >= 4 is 17.3 Å². The topological polar surface area (TPSA) is 62.2 Å². The highest BCUT2D eigenvalue weighted by atomic mass is 32.1. The minimum Gasteiger partial charge on any atom is -0.480 e. The summed E-state index contributed by atoms with van der Waals surface area (Å²) in [6.45, 7) is 5.97. The number of nitrogens with one attached hydrogen (secondary N) is 1. The average molecular weight is 352 g/mol. The van der Waals surface area contributed by atoms with Gasteiger partial charge in [0.2, 0.25) is 0 Å². The maximum Gasteiger partial charge on any atom is 0.321 e. The highest BCUT2D eigenvalue weighted by molar-refractivity contribution is 7.09. The lowest BCUT2D eigenvalue weighted by Gasteiger charge is -2.14. The van der Waals surface area contributed by atoms with Crippen LogP contribution in [0.2, 0.25) is 0 Å². The van der Waals surface area contributed by atoms with Crippen LogP contribution in [0.4, 0.5) is 0 Å². The summed E-state index contributed by atoms with van der Waals surface area (Å²) >= 11 is 1.50. The van der Waals surface area contributed by atoms with Crippen molar-refractivity contribution < 1.29 is 9.90 Å². The summed E-state index contributed by atoms with van der Waals surface area (Å²) in [4.78, 5) is 16.1. The normalized spacial score (nSPS) is 12.8. The van der Waals surface area contributed by atoms with E-state index < -0.39 is 12.0 Å². The van der Waals surface area contributed by atoms with Crippen molar-refractivity contribution in [2.45, 2.75) is 25.9 Å². The summed E-state index contributed by atoms with van der Waals surface area (Å²) in [7, 11) is 0. The van der Waals surface area contributed by atoms with Crippen LogP contribution in [0.5, 0.6) is 0 Å². The minimum atomic E-state index is -0.885. The van der Waals surface area contributed by atoms with Gasteiger partial charge in [-0.25, -0.2) is 4.98 Å². The van der Waals surface area contributed by atoms with Gasteiger partial charge in [-0.3, -0.25) is 10.1 Å². The molecule has 1 aromatic heterocycles. The van der Waals surface area contributed by atoms with Gasteiger partial charge in [0.15, 0.2) is 0 Å². The number of rotatable bonds is 9. The number of thiazole rings is 1. The maximum absolute atomic E-state index is 11.5. The molecule has 0 aliphatic carbocycles. The summed E-state index contributed by atoms with van der Waals surface area (Å²) in [6, 6.07) is 10.6. The molecule has 5 heteroatoms. The molecule has 0 saturated carbocycles. The molecule has 25 heavy (non-hydrogen) atoms. The second kappa shape index (κ2) is 9.58. The first-order valence-corrected chi connectivity index (χ1v) is 8.75. The van der Waals surface area contributed by atoms with E-state index in [-0.39, 0.29) is 0 Å². The van der Waals surface area contributed by atoms with Crippen molar-refractivity contribution in [3.63, 3.8) is 0 Å². The van der Waals surface area contributed by atoms with Gasteiger partial charge in [-0.15, -0.1) is 11.3 Å². The van der Waals surface area contributed by atoms with Crippen LogP contribution >= 0.6 is 11.3 Å². The van der Waals surface area contributed by atoms with Crippen molar-refractivity contribution in [3.05, 3.63) is 77.2 Å². The Morgan fingerprint density at radius 1 is 1.52 bits per heavy atom. The third kappa shape index (κ3) is 5.71. The van der Waals surface area contributed by atoms with E-state index in [1.165, 1.54) is 11.3 Å². The molecule has 4 nitrogen and oxygen atoms in total. The van der Waals surface area contributed by atoms with E-state index in [0.29, 0.717) is 13.0 Å². The maximum atomic E-state index is 11.5. The van der Waals surface area contributed by atoms with Gasteiger partial charge in [0.25, 0.3) is 0 Å². The first-order valence-electron chi connectivity index (χ1n) is 7.87. The zero-order valence-corrected chi connectivity index (χ0v) is 14.8. The molecule has 2 N–H and O–H groups in total. The van der Waals surface area contributed by atoms with Gasteiger partial charge in [-0.05, 0) is 37.1 Å². The van der Waals surface area contributed by atoms with Crippen molar-refractivity contribution in [1.82, 2.24) is 10.3 Å². The summed E-state index contributed by atoms with van der Waals surface area (Å²) in [5.41, 5.74) is 2.74. The second-order valence-electron chi connectivity index (χ2n) is 5.30. The van der Waals surface area contributed by atoms with E-state index in [0.717, 1.165) is 21.8 Å². The number of aromatic nitrogens is 1. The highest BCUT2D eigenvalue weighted by Crippen LogP contribution is 2.21. The Hall–Kier alpha value is -2.68. The first-order chi connectivity index (χ1) is 12.1. The summed E-state index contributed by atoms with van der Waals surface area (Å²) in [6.07, 6.45) is 7.64. The fourth-order valence-corrected chi connectivity index (χ4v) is 3.04. The van der Waals surface area contributed by atoms with Crippen molar-refractivity contribution in [1.29, 1.82) is 0 Å². The van der Waals surface area contributed by atoms with E-state index >= 15 is 0 Å². The molecule has 0 bridgehead atoms. The van der Waals surface area contributed by atoms with E-state index in [2.05, 4.69) is 29.0 Å². The van der Waals surface area contributed by atoms with Gasteiger partial charge in [-0.1, -0.05) is 43.0 Å². The van der Waals surface area contributed by atoms with Gasteiger partial charge < -0.3 is 5.11 Å². The number of hydrogen-bond acceptors (Lipinski definition) is 4. The van der Waals surface area contributed by atoms with Gasteiger partial charge in [-0.2, -0.15) is 0 Å². The Labute approximate surface area is 152 Å². The SMILES string of the molecule is C=C/C=C(\C=C/C)CC(NCc1nc(-c2cc#ccc2)cs1)C(=O)O. The van der Waals surface area contributed by atoms with Crippen molar-refractivity contribution in [2.75, 3.05) is 0 Å². The molecule has 0 saturated heterocycles. The zero-order chi connectivity index (χ0) is 18.1. The fourth-order valence-electron chi connectivity index (χ4n) is 2.28. The molecule has 0 radical (unpaired) electrons. The predicted octanol–water partition coefficient (Wildman–Crippen LogP) is 4.03. The number of hydrogen-bond donors (Lipinski definition) is 2. The fraction of sp³-hybridized carbons (Fsp3) is 0.200. The molecule has 1 unspecified atom stereocenters. The van der Waals surface area contributed by atoms with Crippen LogP contribution in [0.25, 0.3) is 11.3 Å². The molecule has 1 heterocycles. The molecule has 2 rings (SSSR count). The lowest BCUT2D eigenvalue weighted by molar-refractivity contribution is -0.139. The lowest BCUT2D eigenvalue weighted by atomic mass is 10.1. The summed E-state index contributed by atoms with van der Waals surface area (Å²) in [5.74, 6) is -0.885. The first kappa shape index (κ1) is 18.7. The molecule has 128 valence electrons. The molecule has 0 fully saturated rings. The molecular formula is C20H20N2O2S. The minimum absolute atomic E-state index is 0.382. The number of carboxylic acid groups (broad SMARTS) is 1. The Bertz CT molecular complexity index is 763. The van der Waals surface area contributed by atoms with Crippen LogP contribution in [0.1, 0.15) is 18.4 Å². The second-order valence-corrected chi connectivity index (χ2v) is 6.24. The number of carbonyl (C=O) groups is 1. The van der Waals surface area contributed by atoms with Crippen LogP contribution in [0, 0.1) is 12.1 Å². The van der Waals surface area contributed by atoms with Crippen LogP contribution in [-0.4, -0.2) is 22.1 Å². The van der Waals surface area contributed by atoms with Crippen LogP contribution in [0.3, 0.4) is 0 Å². The number of nitrogens with zero attached hydrogens (tertiary/aromatic N) is 1. The van der Waals surface area contributed by atoms with Crippen molar-refractivity contribution in [2.24, 2.45) is 0 Å². The van der Waals surface area contributed by atoms with Crippen LogP contribution in [-0.2, 0) is 11.3 Å². The van der Waals surface area contributed by atoms with Crippen molar-refractivity contribution in [3.8, 4) is 11.3 Å². The smallest absolute Gasteiger partial charge is 0.321 e. The molecule has 0 aliphatic heterocycles. The third-order valence-electron chi connectivity index (χ3n) is 3.46. The van der Waals surface area contributed by atoms with E-state index in [1.54, 1.807) is 12.1 Å². The summed E-state index contributed by atoms with van der Waals surface area (Å²) in [5, 5.41) is 15.3. The third-order valence-corrected chi connectivity index (χ3v) is 4.30. The molecule has 0 spiro atoms. The average Bonchev–Trinajstić information content (AvgIpc) is 3.08. The molecule has 1 atom stereocenters. The van der Waals surface area contributed by atoms with E-state index in [1.807, 2.05) is 42.7 Å². The number of aliphatic carboxylic acids is 1. The summed E-state index contributed by atoms with van der Waals surface area (Å²) < 4.78 is 0.